The molecule has 160 valence electrons. The lowest BCUT2D eigenvalue weighted by Gasteiger charge is -2.14. The Morgan fingerprint density at radius 2 is 1.90 bits per heavy atom. The van der Waals surface area contributed by atoms with Crippen molar-refractivity contribution < 1.29 is 27.2 Å². The molecule has 0 saturated heterocycles. The van der Waals surface area contributed by atoms with Crippen LogP contribution in [0.4, 0.5) is 13.2 Å². The summed E-state index contributed by atoms with van der Waals surface area (Å²) in [4.78, 5) is 16.3. The molecule has 0 spiro atoms. The number of alkyl halides is 3. The number of nitrogens with zero attached hydrogens (tertiary/aromatic N) is 2. The molecule has 0 aliphatic carbocycles. The molecule has 0 radical (unpaired) electrons. The summed E-state index contributed by atoms with van der Waals surface area (Å²) in [6.45, 7) is 1.70. The molecule has 1 aliphatic heterocycles. The van der Waals surface area contributed by atoms with Gasteiger partial charge < -0.3 is 15.0 Å². The minimum absolute atomic E-state index is 0.168. The number of aromatic nitrogens is 1. The monoisotopic (exact) mass is 449 g/mol. The zero-order chi connectivity index (χ0) is 22.3. The summed E-state index contributed by atoms with van der Waals surface area (Å²) in [7, 11) is 0. The lowest BCUT2D eigenvalue weighted by atomic mass is 9.92. The second-order valence-corrected chi connectivity index (χ2v) is 7.37. The van der Waals surface area contributed by atoms with Crippen molar-refractivity contribution in [3.05, 3.63) is 70.1 Å². The van der Waals surface area contributed by atoms with E-state index in [0.29, 0.717) is 44.4 Å². The first kappa shape index (κ1) is 20.9. The van der Waals surface area contributed by atoms with Crippen LogP contribution in [0.3, 0.4) is 0 Å². The van der Waals surface area contributed by atoms with E-state index in [1.54, 1.807) is 31.2 Å². The maximum absolute atomic E-state index is 12.8. The van der Waals surface area contributed by atoms with E-state index in [1.165, 1.54) is 18.2 Å². The van der Waals surface area contributed by atoms with E-state index in [2.05, 4.69) is 14.9 Å². The van der Waals surface area contributed by atoms with Gasteiger partial charge in [-0.1, -0.05) is 28.9 Å². The minimum atomic E-state index is -4.86. The molecular weight excluding hydrogens is 435 g/mol. The van der Waals surface area contributed by atoms with Crippen LogP contribution < -0.4 is 10.5 Å². The van der Waals surface area contributed by atoms with E-state index in [4.69, 9.17) is 21.9 Å². The number of fused-ring (bicyclic) bond motifs is 3. The van der Waals surface area contributed by atoms with E-state index in [0.717, 1.165) is 0 Å². The second kappa shape index (κ2) is 7.73. The molecule has 0 fully saturated rings. The molecule has 0 bridgehead atoms. The van der Waals surface area contributed by atoms with Gasteiger partial charge in [0.05, 0.1) is 23.4 Å². The summed E-state index contributed by atoms with van der Waals surface area (Å²) in [6, 6.07) is 9.76. The smallest absolute Gasteiger partial charge is 0.406 e. The SMILES string of the molecule is Cc1noc2c1-c1ccc(OC(F)(F)F)cc1C(c1ccc(Cl)cc1)=NC2CC(N)=O. The van der Waals surface area contributed by atoms with Crippen LogP contribution in [0.2, 0.25) is 5.02 Å². The third-order valence-corrected chi connectivity index (χ3v) is 4.99. The quantitative estimate of drug-likeness (QED) is 0.608. The number of halogens is 4. The van der Waals surface area contributed by atoms with Crippen LogP contribution in [0.1, 0.15) is 35.0 Å². The normalized spacial score (nSPS) is 15.5. The number of aryl methyl sites for hydroxylation is 1. The van der Waals surface area contributed by atoms with Gasteiger partial charge >= 0.3 is 6.36 Å². The molecule has 2 heterocycles. The molecule has 1 aliphatic rings. The van der Waals surface area contributed by atoms with E-state index in [-0.39, 0.29) is 6.42 Å². The highest BCUT2D eigenvalue weighted by Crippen LogP contribution is 2.42. The number of carbonyl (C=O) groups is 1. The number of aliphatic imine (C=N–C) groups is 1. The van der Waals surface area contributed by atoms with Crippen molar-refractivity contribution in [1.29, 1.82) is 0 Å². The average Bonchev–Trinajstić information content (AvgIpc) is 2.99. The van der Waals surface area contributed by atoms with Crippen LogP contribution in [0, 0.1) is 6.92 Å². The highest BCUT2D eigenvalue weighted by Gasteiger charge is 2.34. The number of ether oxygens (including phenoxy) is 1. The number of hydrogen-bond donors (Lipinski definition) is 1. The van der Waals surface area contributed by atoms with E-state index >= 15 is 0 Å². The van der Waals surface area contributed by atoms with Gasteiger partial charge in [0.2, 0.25) is 5.91 Å². The minimum Gasteiger partial charge on any atom is -0.406 e. The topological polar surface area (TPSA) is 90.7 Å². The highest BCUT2D eigenvalue weighted by molar-refractivity contribution is 6.30. The lowest BCUT2D eigenvalue weighted by Crippen LogP contribution is -2.17. The third-order valence-electron chi connectivity index (χ3n) is 4.74. The van der Waals surface area contributed by atoms with Crippen LogP contribution in [0.15, 0.2) is 52.0 Å². The molecule has 31 heavy (non-hydrogen) atoms. The zero-order valence-electron chi connectivity index (χ0n) is 16.0. The van der Waals surface area contributed by atoms with Gasteiger partial charge in [0.1, 0.15) is 11.8 Å². The van der Waals surface area contributed by atoms with Crippen LogP contribution in [-0.4, -0.2) is 23.1 Å². The Morgan fingerprint density at radius 3 is 2.55 bits per heavy atom. The van der Waals surface area contributed by atoms with Crippen LogP contribution in [0.5, 0.6) is 5.75 Å². The van der Waals surface area contributed by atoms with Gasteiger partial charge in [-0.15, -0.1) is 13.2 Å². The fourth-order valence-electron chi connectivity index (χ4n) is 3.53. The van der Waals surface area contributed by atoms with Gasteiger partial charge in [-0.2, -0.15) is 0 Å². The van der Waals surface area contributed by atoms with Gasteiger partial charge in [-0.3, -0.25) is 9.79 Å². The Balaban J connectivity index is 1.98. The molecule has 1 aromatic heterocycles. The Morgan fingerprint density at radius 1 is 1.19 bits per heavy atom. The summed E-state index contributed by atoms with van der Waals surface area (Å²) in [5.41, 5.74) is 8.30. The number of nitrogens with two attached hydrogens (primary N) is 1. The molecular formula is C21H15ClF3N3O3. The highest BCUT2D eigenvalue weighted by atomic mass is 35.5. The Kier molecular flexibility index (Phi) is 5.22. The summed E-state index contributed by atoms with van der Waals surface area (Å²) in [5, 5.41) is 4.44. The summed E-state index contributed by atoms with van der Waals surface area (Å²) in [5.74, 6) is -0.709. The molecule has 10 heteroatoms. The van der Waals surface area contributed by atoms with Crippen molar-refractivity contribution in [3.8, 4) is 16.9 Å². The maximum Gasteiger partial charge on any atom is 0.573 e. The Labute approximate surface area is 179 Å². The fourth-order valence-corrected chi connectivity index (χ4v) is 3.65. The van der Waals surface area contributed by atoms with Gasteiger partial charge in [0.25, 0.3) is 0 Å². The van der Waals surface area contributed by atoms with Crippen LogP contribution in [-0.2, 0) is 4.79 Å². The first-order chi connectivity index (χ1) is 14.6. The second-order valence-electron chi connectivity index (χ2n) is 6.93. The van der Waals surface area contributed by atoms with E-state index < -0.39 is 24.1 Å². The van der Waals surface area contributed by atoms with Gasteiger partial charge in [0, 0.05) is 16.1 Å². The summed E-state index contributed by atoms with van der Waals surface area (Å²) in [6.07, 6.45) is -5.03. The zero-order valence-corrected chi connectivity index (χ0v) is 16.8. The molecule has 0 saturated carbocycles. The molecule has 1 amide bonds. The Hall–Kier alpha value is -3.33. The molecule has 2 aromatic carbocycles. The van der Waals surface area contributed by atoms with Crippen LogP contribution >= 0.6 is 11.6 Å². The van der Waals surface area contributed by atoms with Crippen molar-refractivity contribution in [1.82, 2.24) is 5.16 Å². The number of carbonyl (C=O) groups excluding carboxylic acids is 1. The third kappa shape index (κ3) is 4.27. The number of primary amides is 1. The molecule has 4 rings (SSSR count). The van der Waals surface area contributed by atoms with E-state index in [1.807, 2.05) is 0 Å². The number of hydrogen-bond acceptors (Lipinski definition) is 5. The predicted octanol–water partition coefficient (Wildman–Crippen LogP) is 4.97. The van der Waals surface area contributed by atoms with Crippen molar-refractivity contribution in [3.63, 3.8) is 0 Å². The first-order valence-corrected chi connectivity index (χ1v) is 9.49. The van der Waals surface area contributed by atoms with E-state index in [9.17, 15) is 18.0 Å². The number of benzene rings is 2. The van der Waals surface area contributed by atoms with Crippen molar-refractivity contribution in [2.24, 2.45) is 10.7 Å². The van der Waals surface area contributed by atoms with Crippen molar-refractivity contribution in [2.75, 3.05) is 0 Å². The van der Waals surface area contributed by atoms with Crippen molar-refractivity contribution in [2.45, 2.75) is 25.7 Å². The van der Waals surface area contributed by atoms with Gasteiger partial charge in [-0.25, -0.2) is 0 Å². The number of rotatable bonds is 4. The van der Waals surface area contributed by atoms with Crippen molar-refractivity contribution >= 4 is 23.2 Å². The largest absolute Gasteiger partial charge is 0.573 e. The molecule has 1 unspecified atom stereocenters. The molecule has 3 aromatic rings. The average molecular weight is 450 g/mol. The van der Waals surface area contributed by atoms with Crippen LogP contribution in [0.25, 0.3) is 11.1 Å². The standard InChI is InChI=1S/C21H15ClF3N3O3/c1-10-18-14-7-6-13(30-21(23,24)25)8-15(14)19(11-2-4-12(22)5-3-11)27-16(9-17(26)29)20(18)31-28-10/h2-8,16H,9H2,1H3,(H2,26,29). The molecule has 1 atom stereocenters. The maximum atomic E-state index is 12.8. The fraction of sp³-hybridized carbons (Fsp3) is 0.190. The van der Waals surface area contributed by atoms with Gasteiger partial charge in [0.15, 0.2) is 5.76 Å². The summed E-state index contributed by atoms with van der Waals surface area (Å²) < 4.78 is 48.1. The Bertz CT molecular complexity index is 1190. The first-order valence-electron chi connectivity index (χ1n) is 9.11. The van der Waals surface area contributed by atoms with Gasteiger partial charge in [-0.05, 0) is 42.8 Å². The molecule has 6 nitrogen and oxygen atoms in total. The number of amides is 1. The molecule has 2 N–H and O–H groups in total. The lowest BCUT2D eigenvalue weighted by molar-refractivity contribution is -0.274. The summed E-state index contributed by atoms with van der Waals surface area (Å²) >= 11 is 5.99. The predicted molar refractivity (Wildman–Crippen MR) is 107 cm³/mol.